The number of aromatic amines is 1. The van der Waals surface area contributed by atoms with E-state index in [2.05, 4.69) is 81.0 Å². The van der Waals surface area contributed by atoms with Gasteiger partial charge in [0.2, 0.25) is 0 Å². The maximum atomic E-state index is 4.37. The molecule has 6 heteroatoms. The maximum absolute atomic E-state index is 4.37. The highest BCUT2D eigenvalue weighted by molar-refractivity contribution is 14.0. The van der Waals surface area contributed by atoms with E-state index in [0.717, 1.165) is 32.0 Å². The monoisotopic (exact) mass is 531 g/mol. The molecule has 4 rings (SSSR count). The summed E-state index contributed by atoms with van der Waals surface area (Å²) in [4.78, 5) is 10.4. The van der Waals surface area contributed by atoms with E-state index in [-0.39, 0.29) is 24.0 Å². The number of nitrogens with zero attached hydrogens (tertiary/aromatic N) is 2. The van der Waals surface area contributed by atoms with Crippen molar-refractivity contribution in [3.05, 3.63) is 70.9 Å². The molecule has 1 aliphatic rings. The number of H-pyrrole nitrogens is 1. The van der Waals surface area contributed by atoms with Crippen molar-refractivity contribution in [2.75, 3.05) is 26.7 Å². The molecule has 0 aliphatic carbocycles. The average molecular weight is 531 g/mol. The second-order valence-electron chi connectivity index (χ2n) is 8.18. The first-order valence-electron chi connectivity index (χ1n) is 11.0. The summed E-state index contributed by atoms with van der Waals surface area (Å²) in [6.45, 7) is 7.32. The molecule has 0 saturated carbocycles. The Hall–Kier alpha value is -2.06. The molecule has 1 aliphatic heterocycles. The summed E-state index contributed by atoms with van der Waals surface area (Å²) in [6, 6.07) is 17.5. The number of nitrogens with one attached hydrogen (secondary N) is 3. The minimum atomic E-state index is 0. The van der Waals surface area contributed by atoms with Crippen LogP contribution in [0.4, 0.5) is 0 Å². The third kappa shape index (κ3) is 6.23. The number of aromatic nitrogens is 1. The van der Waals surface area contributed by atoms with Gasteiger partial charge in [0.15, 0.2) is 5.96 Å². The van der Waals surface area contributed by atoms with Crippen LogP contribution in [0.1, 0.15) is 35.2 Å². The Morgan fingerprint density at radius 1 is 1.00 bits per heavy atom. The highest BCUT2D eigenvalue weighted by atomic mass is 127. The van der Waals surface area contributed by atoms with E-state index in [4.69, 9.17) is 0 Å². The summed E-state index contributed by atoms with van der Waals surface area (Å²) in [5.41, 5.74) is 6.51. The zero-order valence-electron chi connectivity index (χ0n) is 18.6. The van der Waals surface area contributed by atoms with Crippen molar-refractivity contribution in [3.8, 4) is 0 Å². The van der Waals surface area contributed by atoms with Gasteiger partial charge in [-0.3, -0.25) is 9.89 Å². The molecule has 0 unspecified atom stereocenters. The fourth-order valence-electron chi connectivity index (χ4n) is 4.33. The van der Waals surface area contributed by atoms with Gasteiger partial charge in [-0.1, -0.05) is 42.5 Å². The summed E-state index contributed by atoms with van der Waals surface area (Å²) in [5, 5.41) is 8.19. The van der Waals surface area contributed by atoms with E-state index in [1.807, 2.05) is 7.05 Å². The number of aliphatic imine (C=N–C) groups is 1. The standard InChI is InChI=1S/C25H33N5.HI/c1-19-22(23-7-3-4-8-24(23)29-19)13-14-27-25(26-2)28-17-20-9-11-21(12-10-20)18-30-15-5-6-16-30;/h3-4,7-12,29H,5-6,13-18H2,1-2H3,(H2,26,27,28);1H. The molecule has 2 heterocycles. The quantitative estimate of drug-likeness (QED) is 0.238. The highest BCUT2D eigenvalue weighted by Gasteiger charge is 2.11. The summed E-state index contributed by atoms with van der Waals surface area (Å²) in [6.07, 6.45) is 3.64. The average Bonchev–Trinajstić information content (AvgIpc) is 3.39. The molecule has 0 radical (unpaired) electrons. The first kappa shape index (κ1) is 23.6. The molecule has 3 aromatic rings. The van der Waals surface area contributed by atoms with E-state index < -0.39 is 0 Å². The summed E-state index contributed by atoms with van der Waals surface area (Å²) < 4.78 is 0. The van der Waals surface area contributed by atoms with Crippen molar-refractivity contribution in [1.29, 1.82) is 0 Å². The highest BCUT2D eigenvalue weighted by Crippen LogP contribution is 2.21. The lowest BCUT2D eigenvalue weighted by Crippen LogP contribution is -2.37. The topological polar surface area (TPSA) is 55.5 Å². The number of hydrogen-bond donors (Lipinski definition) is 3. The molecule has 5 nitrogen and oxygen atoms in total. The molecule has 1 fully saturated rings. The van der Waals surface area contributed by atoms with Gasteiger partial charge >= 0.3 is 0 Å². The van der Waals surface area contributed by atoms with Crippen molar-refractivity contribution in [2.24, 2.45) is 4.99 Å². The van der Waals surface area contributed by atoms with Crippen LogP contribution >= 0.6 is 24.0 Å². The van der Waals surface area contributed by atoms with E-state index in [1.54, 1.807) is 0 Å². The fraction of sp³-hybridized carbons (Fsp3) is 0.400. The molecule has 166 valence electrons. The molecule has 0 spiro atoms. The molecule has 0 bridgehead atoms. The number of para-hydroxylation sites is 1. The van der Waals surface area contributed by atoms with Crippen molar-refractivity contribution >= 4 is 40.8 Å². The van der Waals surface area contributed by atoms with Crippen LogP contribution in [0.5, 0.6) is 0 Å². The minimum Gasteiger partial charge on any atom is -0.358 e. The van der Waals surface area contributed by atoms with Gasteiger partial charge in [-0.05, 0) is 62.0 Å². The normalized spacial score (nSPS) is 14.6. The Balaban J connectivity index is 0.00000272. The van der Waals surface area contributed by atoms with Gasteiger partial charge in [0.05, 0.1) is 0 Å². The van der Waals surface area contributed by atoms with E-state index in [1.165, 1.54) is 59.2 Å². The van der Waals surface area contributed by atoms with Gasteiger partial charge in [0.25, 0.3) is 0 Å². The van der Waals surface area contributed by atoms with Crippen LogP contribution in [0, 0.1) is 6.92 Å². The van der Waals surface area contributed by atoms with Crippen LogP contribution in [-0.4, -0.2) is 42.5 Å². The van der Waals surface area contributed by atoms with Gasteiger partial charge in [-0.25, -0.2) is 0 Å². The number of aryl methyl sites for hydroxylation is 1. The van der Waals surface area contributed by atoms with Gasteiger partial charge in [-0.15, -0.1) is 24.0 Å². The van der Waals surface area contributed by atoms with Crippen molar-refractivity contribution in [3.63, 3.8) is 0 Å². The minimum absolute atomic E-state index is 0. The van der Waals surface area contributed by atoms with Gasteiger partial charge in [0.1, 0.15) is 0 Å². The Kier molecular flexibility index (Phi) is 8.78. The molecular weight excluding hydrogens is 497 g/mol. The molecule has 1 saturated heterocycles. The zero-order valence-corrected chi connectivity index (χ0v) is 20.9. The molecule has 3 N–H and O–H groups in total. The number of benzene rings is 2. The van der Waals surface area contributed by atoms with E-state index in [9.17, 15) is 0 Å². The summed E-state index contributed by atoms with van der Waals surface area (Å²) in [5.74, 6) is 0.841. The van der Waals surface area contributed by atoms with Gasteiger partial charge in [0, 0.05) is 43.3 Å². The van der Waals surface area contributed by atoms with Crippen LogP contribution in [-0.2, 0) is 19.5 Å². The second-order valence-corrected chi connectivity index (χ2v) is 8.18. The Bertz CT molecular complexity index is 987. The number of halogens is 1. The van der Waals surface area contributed by atoms with Crippen LogP contribution in [0.2, 0.25) is 0 Å². The number of hydrogen-bond acceptors (Lipinski definition) is 2. The van der Waals surface area contributed by atoms with Crippen molar-refractivity contribution < 1.29 is 0 Å². The Labute approximate surface area is 202 Å². The number of rotatable bonds is 7. The molecule has 31 heavy (non-hydrogen) atoms. The van der Waals surface area contributed by atoms with Crippen molar-refractivity contribution in [2.45, 2.75) is 39.3 Å². The summed E-state index contributed by atoms with van der Waals surface area (Å²) in [7, 11) is 1.82. The molecule has 1 aromatic heterocycles. The number of likely N-dealkylation sites (tertiary alicyclic amines) is 1. The van der Waals surface area contributed by atoms with E-state index >= 15 is 0 Å². The van der Waals surface area contributed by atoms with E-state index in [0.29, 0.717) is 0 Å². The largest absolute Gasteiger partial charge is 0.358 e. The first-order chi connectivity index (χ1) is 14.7. The summed E-state index contributed by atoms with van der Waals surface area (Å²) >= 11 is 0. The van der Waals surface area contributed by atoms with Crippen molar-refractivity contribution in [1.82, 2.24) is 20.5 Å². The molecule has 2 aromatic carbocycles. The van der Waals surface area contributed by atoms with Crippen LogP contribution < -0.4 is 10.6 Å². The predicted molar refractivity (Wildman–Crippen MR) is 141 cm³/mol. The lowest BCUT2D eigenvalue weighted by atomic mass is 10.1. The predicted octanol–water partition coefficient (Wildman–Crippen LogP) is 4.60. The maximum Gasteiger partial charge on any atom is 0.191 e. The number of fused-ring (bicyclic) bond motifs is 1. The SMILES string of the molecule is CN=C(NCCc1c(C)[nH]c2ccccc12)NCc1ccc(CN2CCCC2)cc1.I. The third-order valence-corrected chi connectivity index (χ3v) is 6.01. The molecular formula is C25H34IN5. The van der Waals surface area contributed by atoms with Gasteiger partial charge in [-0.2, -0.15) is 0 Å². The van der Waals surface area contributed by atoms with Crippen LogP contribution in [0.15, 0.2) is 53.5 Å². The fourth-order valence-corrected chi connectivity index (χ4v) is 4.33. The van der Waals surface area contributed by atoms with Crippen LogP contribution in [0.3, 0.4) is 0 Å². The Morgan fingerprint density at radius 3 is 2.45 bits per heavy atom. The zero-order chi connectivity index (χ0) is 20.8. The smallest absolute Gasteiger partial charge is 0.191 e. The number of guanidine groups is 1. The molecule has 0 amide bonds. The lowest BCUT2D eigenvalue weighted by molar-refractivity contribution is 0.331. The Morgan fingerprint density at radius 2 is 1.71 bits per heavy atom. The second kappa shape index (κ2) is 11.5. The third-order valence-electron chi connectivity index (χ3n) is 6.01. The molecule has 0 atom stereocenters. The van der Waals surface area contributed by atoms with Crippen LogP contribution in [0.25, 0.3) is 10.9 Å². The first-order valence-corrected chi connectivity index (χ1v) is 11.0. The lowest BCUT2D eigenvalue weighted by Gasteiger charge is -2.15. The van der Waals surface area contributed by atoms with Gasteiger partial charge < -0.3 is 15.6 Å².